The molecule has 0 aliphatic rings. The number of nitrogen functional groups attached to an aromatic ring is 1. The molecule has 0 unspecified atom stereocenters. The number of nitrogens with two attached hydrogens (primary N) is 1. The van der Waals surface area contributed by atoms with E-state index in [-0.39, 0.29) is 5.82 Å². The van der Waals surface area contributed by atoms with Crippen LogP contribution in [0.15, 0.2) is 42.6 Å². The molecule has 1 aromatic carbocycles. The van der Waals surface area contributed by atoms with Crippen molar-refractivity contribution in [1.82, 2.24) is 9.38 Å². The topological polar surface area (TPSA) is 46.6 Å². The van der Waals surface area contributed by atoms with Crippen molar-refractivity contribution in [2.45, 2.75) is 0 Å². The monoisotopic (exact) mass is 270 g/mol. The molecular weight excluding hydrogens is 255 g/mol. The molecule has 0 radical (unpaired) electrons. The Labute approximate surface area is 116 Å². The van der Waals surface area contributed by atoms with E-state index in [4.69, 9.17) is 5.73 Å². The zero-order valence-electron chi connectivity index (χ0n) is 11.3. The van der Waals surface area contributed by atoms with Gasteiger partial charge in [-0.2, -0.15) is 0 Å². The lowest BCUT2D eigenvalue weighted by molar-refractivity contribution is 0.619. The summed E-state index contributed by atoms with van der Waals surface area (Å²) in [4.78, 5) is 6.48. The number of imidazole rings is 1. The van der Waals surface area contributed by atoms with Gasteiger partial charge in [-0.05, 0) is 24.3 Å². The molecule has 0 saturated carbocycles. The average molecular weight is 270 g/mol. The average Bonchev–Trinajstić information content (AvgIpc) is 2.76. The van der Waals surface area contributed by atoms with Crippen LogP contribution in [0.2, 0.25) is 0 Å². The van der Waals surface area contributed by atoms with Crippen LogP contribution in [0, 0.1) is 5.82 Å². The fourth-order valence-corrected chi connectivity index (χ4v) is 2.17. The van der Waals surface area contributed by atoms with Crippen molar-refractivity contribution in [1.29, 1.82) is 0 Å². The highest BCUT2D eigenvalue weighted by Gasteiger charge is 2.11. The number of fused-ring (bicyclic) bond motifs is 1. The first-order chi connectivity index (χ1) is 9.56. The Hall–Kier alpha value is -2.56. The number of aromatic nitrogens is 2. The molecule has 2 aromatic heterocycles. The predicted octanol–water partition coefficient (Wildman–Crippen LogP) is 2.79. The first-order valence-corrected chi connectivity index (χ1v) is 6.27. The number of anilines is 2. The van der Waals surface area contributed by atoms with Gasteiger partial charge >= 0.3 is 0 Å². The van der Waals surface area contributed by atoms with Gasteiger partial charge in [0.05, 0.1) is 0 Å². The summed E-state index contributed by atoms with van der Waals surface area (Å²) in [7, 11) is 3.97. The van der Waals surface area contributed by atoms with Crippen molar-refractivity contribution in [3.63, 3.8) is 0 Å². The molecule has 0 amide bonds. The molecular formula is C15H15FN4. The molecule has 0 bridgehead atoms. The molecule has 2 N–H and O–H groups in total. The second kappa shape index (κ2) is 4.52. The van der Waals surface area contributed by atoms with Crippen molar-refractivity contribution in [3.05, 3.63) is 48.4 Å². The summed E-state index contributed by atoms with van der Waals surface area (Å²) in [5.41, 5.74) is 9.38. The maximum absolute atomic E-state index is 13.3. The molecule has 0 aliphatic carbocycles. The summed E-state index contributed by atoms with van der Waals surface area (Å²) >= 11 is 0. The molecule has 102 valence electrons. The molecule has 2 heterocycles. The predicted molar refractivity (Wildman–Crippen MR) is 79.3 cm³/mol. The standard InChI is InChI=1S/C15H15FN4/c1-19(2)12-6-3-10(4-7-12)14-15(17)20-9-11(16)5-8-13(20)18-14/h3-9H,17H2,1-2H3. The second-order valence-corrected chi connectivity index (χ2v) is 4.86. The number of hydrogen-bond acceptors (Lipinski definition) is 3. The molecule has 0 aliphatic heterocycles. The highest BCUT2D eigenvalue weighted by atomic mass is 19.1. The molecule has 0 spiro atoms. The Bertz CT molecular complexity index is 759. The number of pyridine rings is 1. The van der Waals surface area contributed by atoms with Crippen molar-refractivity contribution in [3.8, 4) is 11.3 Å². The van der Waals surface area contributed by atoms with Crippen LogP contribution in [-0.2, 0) is 0 Å². The van der Waals surface area contributed by atoms with Gasteiger partial charge in [-0.3, -0.25) is 4.40 Å². The first-order valence-electron chi connectivity index (χ1n) is 6.27. The van der Waals surface area contributed by atoms with E-state index in [0.717, 1.165) is 11.3 Å². The maximum Gasteiger partial charge on any atom is 0.140 e. The van der Waals surface area contributed by atoms with Crippen LogP contribution in [0.5, 0.6) is 0 Å². The number of benzene rings is 1. The summed E-state index contributed by atoms with van der Waals surface area (Å²) in [5, 5.41) is 0. The molecule has 3 rings (SSSR count). The summed E-state index contributed by atoms with van der Waals surface area (Å²) in [6.45, 7) is 0. The first kappa shape index (κ1) is 12.5. The van der Waals surface area contributed by atoms with Gasteiger partial charge < -0.3 is 10.6 Å². The van der Waals surface area contributed by atoms with Crippen LogP contribution < -0.4 is 10.6 Å². The van der Waals surface area contributed by atoms with Crippen LogP contribution in [-0.4, -0.2) is 23.5 Å². The molecule has 5 heteroatoms. The van der Waals surface area contributed by atoms with Crippen molar-refractivity contribution in [2.75, 3.05) is 24.7 Å². The molecule has 3 aromatic rings. The Morgan fingerprint density at radius 1 is 1.10 bits per heavy atom. The van der Waals surface area contributed by atoms with Crippen molar-refractivity contribution in [2.24, 2.45) is 0 Å². The number of rotatable bonds is 2. The summed E-state index contributed by atoms with van der Waals surface area (Å²) < 4.78 is 14.8. The second-order valence-electron chi connectivity index (χ2n) is 4.86. The fraction of sp³-hybridized carbons (Fsp3) is 0.133. The normalized spacial score (nSPS) is 10.9. The third kappa shape index (κ3) is 1.97. The quantitative estimate of drug-likeness (QED) is 0.779. The van der Waals surface area contributed by atoms with Gasteiger partial charge in [-0.1, -0.05) is 12.1 Å². The lowest BCUT2D eigenvalue weighted by Gasteiger charge is -2.12. The van der Waals surface area contributed by atoms with E-state index in [0.29, 0.717) is 17.2 Å². The zero-order valence-corrected chi connectivity index (χ0v) is 11.3. The fourth-order valence-electron chi connectivity index (χ4n) is 2.17. The minimum Gasteiger partial charge on any atom is -0.383 e. The van der Waals surface area contributed by atoms with Crippen LogP contribution >= 0.6 is 0 Å². The van der Waals surface area contributed by atoms with Gasteiger partial charge in [0.1, 0.15) is 23.0 Å². The summed E-state index contributed by atoms with van der Waals surface area (Å²) in [6, 6.07) is 10.9. The summed E-state index contributed by atoms with van der Waals surface area (Å²) in [5.74, 6) is 0.105. The molecule has 0 saturated heterocycles. The van der Waals surface area contributed by atoms with E-state index >= 15 is 0 Å². The van der Waals surface area contributed by atoms with Gasteiger partial charge in [0.2, 0.25) is 0 Å². The number of halogens is 1. The Balaban J connectivity index is 2.12. The van der Waals surface area contributed by atoms with E-state index in [1.165, 1.54) is 12.3 Å². The van der Waals surface area contributed by atoms with E-state index in [2.05, 4.69) is 4.98 Å². The largest absolute Gasteiger partial charge is 0.383 e. The highest BCUT2D eigenvalue weighted by molar-refractivity contribution is 5.75. The van der Waals surface area contributed by atoms with Crippen LogP contribution in [0.1, 0.15) is 0 Å². The summed E-state index contributed by atoms with van der Waals surface area (Å²) in [6.07, 6.45) is 1.34. The Kier molecular flexibility index (Phi) is 2.82. The Morgan fingerprint density at radius 2 is 1.80 bits per heavy atom. The highest BCUT2D eigenvalue weighted by Crippen LogP contribution is 2.28. The van der Waals surface area contributed by atoms with E-state index in [9.17, 15) is 4.39 Å². The molecule has 0 fully saturated rings. The van der Waals surface area contributed by atoms with Gasteiger partial charge in [0.15, 0.2) is 0 Å². The van der Waals surface area contributed by atoms with E-state index in [1.807, 2.05) is 43.3 Å². The number of nitrogens with zero attached hydrogens (tertiary/aromatic N) is 3. The smallest absolute Gasteiger partial charge is 0.140 e. The number of hydrogen-bond donors (Lipinski definition) is 1. The molecule has 20 heavy (non-hydrogen) atoms. The van der Waals surface area contributed by atoms with Gasteiger partial charge in [0.25, 0.3) is 0 Å². The van der Waals surface area contributed by atoms with E-state index < -0.39 is 0 Å². The maximum atomic E-state index is 13.3. The minimum absolute atomic E-state index is 0.337. The minimum atomic E-state index is -0.337. The lowest BCUT2D eigenvalue weighted by Crippen LogP contribution is -2.07. The van der Waals surface area contributed by atoms with Crippen molar-refractivity contribution >= 4 is 17.2 Å². The molecule has 0 atom stereocenters. The van der Waals surface area contributed by atoms with Gasteiger partial charge in [-0.25, -0.2) is 9.37 Å². The Morgan fingerprint density at radius 3 is 2.45 bits per heavy atom. The van der Waals surface area contributed by atoms with Gasteiger partial charge in [-0.15, -0.1) is 0 Å². The van der Waals surface area contributed by atoms with Crippen molar-refractivity contribution < 1.29 is 4.39 Å². The third-order valence-corrected chi connectivity index (χ3v) is 3.28. The van der Waals surface area contributed by atoms with Crippen LogP contribution in [0.25, 0.3) is 16.9 Å². The lowest BCUT2D eigenvalue weighted by atomic mass is 10.1. The zero-order chi connectivity index (χ0) is 14.3. The SMILES string of the molecule is CN(C)c1ccc(-c2nc3ccc(F)cn3c2N)cc1. The van der Waals surface area contributed by atoms with E-state index in [1.54, 1.807) is 10.5 Å². The van der Waals surface area contributed by atoms with Gasteiger partial charge in [0, 0.05) is 31.5 Å². The van der Waals surface area contributed by atoms with Crippen LogP contribution in [0.3, 0.4) is 0 Å². The third-order valence-electron chi connectivity index (χ3n) is 3.28. The van der Waals surface area contributed by atoms with Crippen LogP contribution in [0.4, 0.5) is 15.9 Å². The molecule has 4 nitrogen and oxygen atoms in total.